The van der Waals surface area contributed by atoms with Crippen LogP contribution in [0, 0.1) is 29.1 Å². The molecule has 2 fully saturated rings. The molecule has 7 nitrogen and oxygen atoms in total. The molecule has 2 aliphatic rings. The Bertz CT molecular complexity index is 980. The molecule has 4 atom stereocenters. The molecule has 0 amide bonds. The van der Waals surface area contributed by atoms with Gasteiger partial charge in [-0.05, 0) is 63.2 Å². The second kappa shape index (κ2) is 10.8. The number of halogens is 10. The lowest BCUT2D eigenvalue weighted by Crippen LogP contribution is -2.58. The largest absolute Gasteiger partial charge is 0.465 e. The van der Waals surface area contributed by atoms with Crippen molar-refractivity contribution in [2.45, 2.75) is 75.1 Å². The van der Waals surface area contributed by atoms with Crippen molar-refractivity contribution >= 4 is 16.1 Å². The zero-order chi connectivity index (χ0) is 30.5. The van der Waals surface area contributed by atoms with Crippen LogP contribution in [-0.4, -0.2) is 73.0 Å². The predicted octanol–water partition coefficient (Wildman–Crippen LogP) is 4.99. The van der Waals surface area contributed by atoms with Crippen LogP contribution in [0.4, 0.5) is 43.9 Å². The van der Waals surface area contributed by atoms with E-state index in [0.29, 0.717) is 6.42 Å². The lowest BCUT2D eigenvalue weighted by Gasteiger charge is -2.38. The Morgan fingerprint density at radius 2 is 1.41 bits per heavy atom. The lowest BCUT2D eigenvalue weighted by molar-refractivity contribution is -0.373. The molecular weight excluding hydrogens is 586 g/mol. The summed E-state index contributed by atoms with van der Waals surface area (Å²) in [6.07, 6.45) is -14.7. The molecule has 0 spiro atoms. The minimum atomic E-state index is -6.43. The first kappa shape index (κ1) is 33.8. The van der Waals surface area contributed by atoms with Crippen molar-refractivity contribution in [3.8, 4) is 0 Å². The Labute approximate surface area is 216 Å². The first-order valence-corrected chi connectivity index (χ1v) is 13.0. The molecule has 4 unspecified atom stereocenters. The Morgan fingerprint density at radius 1 is 0.897 bits per heavy atom. The Balaban J connectivity index is 1.91. The van der Waals surface area contributed by atoms with Crippen LogP contribution in [0.3, 0.4) is 0 Å². The molecule has 0 heterocycles. The third kappa shape index (κ3) is 6.92. The van der Waals surface area contributed by atoms with Crippen LogP contribution in [0.1, 0.15) is 46.0 Å². The van der Waals surface area contributed by atoms with Crippen LogP contribution in [0.15, 0.2) is 0 Å². The van der Waals surface area contributed by atoms with Gasteiger partial charge in [-0.15, -0.1) is 0 Å². The maximum atomic E-state index is 13.5. The van der Waals surface area contributed by atoms with E-state index in [1.54, 1.807) is 0 Å². The highest BCUT2D eigenvalue weighted by Crippen LogP contribution is 2.57. The predicted molar refractivity (Wildman–Crippen MR) is 111 cm³/mol. The second-order valence-corrected chi connectivity index (χ2v) is 12.3. The van der Waals surface area contributed by atoms with E-state index in [2.05, 4.69) is 0 Å². The summed E-state index contributed by atoms with van der Waals surface area (Å²) in [5.41, 5.74) is -6.46. The molecule has 0 radical (unpaired) electrons. The molecule has 18 heteroatoms. The van der Waals surface area contributed by atoms with Gasteiger partial charge >= 0.3 is 39.6 Å². The summed E-state index contributed by atoms with van der Waals surface area (Å²) < 4.78 is 171. The van der Waals surface area contributed by atoms with E-state index in [-0.39, 0.29) is 25.4 Å². The number of ether oxygens (including phenoxy) is 2. The molecule has 2 N–H and O–H groups in total. The van der Waals surface area contributed by atoms with Gasteiger partial charge in [-0.25, -0.2) is 0 Å². The average molecular weight is 614 g/mol. The Hall–Kier alpha value is -1.40. The molecule has 2 bridgehead atoms. The third-order valence-corrected chi connectivity index (χ3v) is 8.28. The van der Waals surface area contributed by atoms with E-state index >= 15 is 0 Å². The van der Waals surface area contributed by atoms with Crippen LogP contribution in [0.5, 0.6) is 0 Å². The van der Waals surface area contributed by atoms with Crippen molar-refractivity contribution in [3.63, 3.8) is 0 Å². The minimum Gasteiger partial charge on any atom is -0.465 e. The maximum Gasteiger partial charge on any atom is 0.431 e. The van der Waals surface area contributed by atoms with E-state index < -0.39 is 94.4 Å². The number of hydrogen-bond donors (Lipinski definition) is 2. The van der Waals surface area contributed by atoms with Crippen molar-refractivity contribution in [2.24, 2.45) is 29.1 Å². The average Bonchev–Trinajstić information content (AvgIpc) is 3.32. The quantitative estimate of drug-likeness (QED) is 0.138. The van der Waals surface area contributed by atoms with E-state index in [0.717, 1.165) is 0 Å². The van der Waals surface area contributed by atoms with Gasteiger partial charge in [0.15, 0.2) is 0 Å². The first-order chi connectivity index (χ1) is 17.3. The van der Waals surface area contributed by atoms with Gasteiger partial charge in [0, 0.05) is 6.42 Å². The molecule has 0 aromatic carbocycles. The molecule has 0 aliphatic heterocycles. The van der Waals surface area contributed by atoms with Crippen LogP contribution < -0.4 is 0 Å². The fraction of sp³-hybridized carbons (Fsp3) is 0.952. The Kier molecular flexibility index (Phi) is 9.34. The molecular formula is C21H28F10O7S. The van der Waals surface area contributed by atoms with Gasteiger partial charge < -0.3 is 14.6 Å². The number of esters is 1. The van der Waals surface area contributed by atoms with Crippen molar-refractivity contribution in [1.29, 1.82) is 0 Å². The first-order valence-electron chi connectivity index (χ1n) is 11.6. The van der Waals surface area contributed by atoms with Crippen molar-refractivity contribution in [2.75, 3.05) is 19.8 Å². The number of fused-ring (bicyclic) bond motifs is 2. The second-order valence-electron chi connectivity index (χ2n) is 10.8. The molecule has 0 aromatic rings. The molecule has 0 saturated heterocycles. The van der Waals surface area contributed by atoms with E-state index in [1.165, 1.54) is 13.8 Å². The number of rotatable bonds is 12. The zero-order valence-corrected chi connectivity index (χ0v) is 21.4. The maximum absolute atomic E-state index is 13.5. The SMILES string of the molecule is CC(C)(COCCC(F)(F)C(F)(F)S(=O)(=O)O)C(=O)OCC1CC2CC(CC(O)(C(F)(F)F)C(F)(F)F)C1C2. The zero-order valence-electron chi connectivity index (χ0n) is 20.6. The van der Waals surface area contributed by atoms with E-state index in [4.69, 9.17) is 14.0 Å². The Morgan fingerprint density at radius 3 is 1.87 bits per heavy atom. The van der Waals surface area contributed by atoms with Gasteiger partial charge in [0.1, 0.15) is 0 Å². The van der Waals surface area contributed by atoms with Gasteiger partial charge in [-0.1, -0.05) is 0 Å². The highest BCUT2D eigenvalue weighted by atomic mass is 32.2. The van der Waals surface area contributed by atoms with Crippen LogP contribution in [0.25, 0.3) is 0 Å². The molecule has 2 rings (SSSR count). The van der Waals surface area contributed by atoms with Gasteiger partial charge in [0.2, 0.25) is 0 Å². The third-order valence-electron chi connectivity index (χ3n) is 7.34. The highest BCUT2D eigenvalue weighted by Gasteiger charge is 2.71. The molecule has 2 saturated carbocycles. The normalized spacial score (nSPS) is 25.3. The topological polar surface area (TPSA) is 110 Å². The lowest BCUT2D eigenvalue weighted by atomic mass is 9.75. The fourth-order valence-corrected chi connectivity index (χ4v) is 5.63. The fourth-order valence-electron chi connectivity index (χ4n) is 5.15. The highest BCUT2D eigenvalue weighted by molar-refractivity contribution is 7.87. The van der Waals surface area contributed by atoms with Crippen molar-refractivity contribution < 1.29 is 76.2 Å². The summed E-state index contributed by atoms with van der Waals surface area (Å²) in [6.45, 7) is 0.245. The number of aliphatic hydroxyl groups is 1. The van der Waals surface area contributed by atoms with Gasteiger partial charge in [0.25, 0.3) is 5.60 Å². The van der Waals surface area contributed by atoms with Gasteiger partial charge in [-0.2, -0.15) is 52.3 Å². The monoisotopic (exact) mass is 614 g/mol. The number of hydrogen-bond acceptors (Lipinski definition) is 6. The van der Waals surface area contributed by atoms with Gasteiger partial charge in [-0.3, -0.25) is 9.35 Å². The number of carbonyl (C=O) groups is 1. The van der Waals surface area contributed by atoms with E-state index in [1.807, 2.05) is 0 Å². The van der Waals surface area contributed by atoms with Crippen LogP contribution in [0.2, 0.25) is 0 Å². The number of alkyl halides is 10. The van der Waals surface area contributed by atoms with E-state index in [9.17, 15) is 62.2 Å². The molecule has 2 aliphatic carbocycles. The van der Waals surface area contributed by atoms with Gasteiger partial charge in [0.05, 0.1) is 25.2 Å². The molecule has 39 heavy (non-hydrogen) atoms. The van der Waals surface area contributed by atoms with Crippen molar-refractivity contribution in [3.05, 3.63) is 0 Å². The van der Waals surface area contributed by atoms with Crippen molar-refractivity contribution in [1.82, 2.24) is 0 Å². The summed E-state index contributed by atoms with van der Waals surface area (Å²) in [5, 5.41) is 3.76. The summed E-state index contributed by atoms with van der Waals surface area (Å²) in [5.74, 6) is -8.84. The number of carbonyl (C=O) groups excluding carboxylic acids is 1. The molecule has 0 aromatic heterocycles. The standard InChI is InChI=1S/C21H28F10O7S/c1-16(2,10-37-4-3-18(22,23)21(30,31)39(34,35)36)15(32)38-9-13-6-11-5-12(14(13)7-11)8-17(33,19(24,25)26)20(27,28)29/h11-14,33H,3-10H2,1-2H3,(H,34,35,36). The summed E-state index contributed by atoms with van der Waals surface area (Å²) in [4.78, 5) is 12.5. The summed E-state index contributed by atoms with van der Waals surface area (Å²) >= 11 is 0. The summed E-state index contributed by atoms with van der Waals surface area (Å²) in [6, 6.07) is 0. The smallest absolute Gasteiger partial charge is 0.431 e. The summed E-state index contributed by atoms with van der Waals surface area (Å²) in [7, 11) is -6.43. The van der Waals surface area contributed by atoms with Crippen LogP contribution in [-0.2, 0) is 24.4 Å². The van der Waals surface area contributed by atoms with Crippen LogP contribution >= 0.6 is 0 Å². The minimum absolute atomic E-state index is 0.0319. The molecule has 230 valence electrons.